The van der Waals surface area contributed by atoms with Crippen molar-refractivity contribution in [3.63, 3.8) is 0 Å². The summed E-state index contributed by atoms with van der Waals surface area (Å²) < 4.78 is 23.6. The molecule has 2 aliphatic carbocycles. The van der Waals surface area contributed by atoms with E-state index >= 15 is 0 Å². The maximum Gasteiger partial charge on any atom is 0.308 e. The molecule has 0 amide bonds. The third kappa shape index (κ3) is 3.38. The molecule has 0 aromatic heterocycles. The molecule has 7 heteroatoms. The highest BCUT2D eigenvalue weighted by atomic mass is 16.6. The van der Waals surface area contributed by atoms with Crippen molar-refractivity contribution < 1.29 is 33.3 Å². The fraction of sp³-hybridized carbons (Fsp3) is 0.875. The summed E-state index contributed by atoms with van der Waals surface area (Å²) in [5, 5.41) is 0. The molecule has 2 aliphatic heterocycles. The fourth-order valence-electron chi connectivity index (χ4n) is 7.55. The van der Waals surface area contributed by atoms with Crippen LogP contribution in [0.3, 0.4) is 0 Å². The molecule has 2 saturated carbocycles. The summed E-state index contributed by atoms with van der Waals surface area (Å²) in [6, 6.07) is 0. The van der Waals surface area contributed by atoms with Crippen LogP contribution in [0.5, 0.6) is 0 Å². The van der Waals surface area contributed by atoms with Gasteiger partial charge in [0.05, 0.1) is 12.0 Å². The zero-order valence-electron chi connectivity index (χ0n) is 19.5. The Balaban J connectivity index is 1.71. The van der Waals surface area contributed by atoms with E-state index in [4.69, 9.17) is 18.9 Å². The molecule has 4 aliphatic rings. The first-order chi connectivity index (χ1) is 14.5. The van der Waals surface area contributed by atoms with E-state index in [9.17, 15) is 14.4 Å². The maximum atomic E-state index is 11.9. The Morgan fingerprint density at radius 1 is 1.06 bits per heavy atom. The molecular formula is C24H36O7. The van der Waals surface area contributed by atoms with Gasteiger partial charge in [0, 0.05) is 24.7 Å². The quantitative estimate of drug-likeness (QED) is 0.494. The Kier molecular flexibility index (Phi) is 5.43. The normalized spacial score (nSPS) is 46.6. The monoisotopic (exact) mass is 436 g/mol. The minimum Gasteiger partial charge on any atom is -0.465 e. The number of ether oxygens (including phenoxy) is 4. The van der Waals surface area contributed by atoms with Crippen LogP contribution in [0.2, 0.25) is 0 Å². The molecule has 0 aromatic rings. The summed E-state index contributed by atoms with van der Waals surface area (Å²) in [6.45, 7) is 10.1. The molecule has 4 rings (SSSR count). The van der Waals surface area contributed by atoms with E-state index < -0.39 is 11.0 Å². The van der Waals surface area contributed by atoms with Crippen molar-refractivity contribution in [3.05, 3.63) is 0 Å². The van der Waals surface area contributed by atoms with Gasteiger partial charge >= 0.3 is 17.9 Å². The number of rotatable bonds is 3. The Morgan fingerprint density at radius 3 is 2.42 bits per heavy atom. The van der Waals surface area contributed by atoms with Crippen LogP contribution in [0.25, 0.3) is 0 Å². The molecule has 174 valence electrons. The average Bonchev–Trinajstić information content (AvgIpc) is 3.25. The number of fused-ring (bicyclic) bond motifs is 2. The van der Waals surface area contributed by atoms with Crippen molar-refractivity contribution in [1.29, 1.82) is 0 Å². The summed E-state index contributed by atoms with van der Waals surface area (Å²) in [5.41, 5.74) is -1.58. The van der Waals surface area contributed by atoms with Crippen LogP contribution in [-0.4, -0.2) is 48.4 Å². The largest absolute Gasteiger partial charge is 0.465 e. The predicted octanol–water partition coefficient (Wildman–Crippen LogP) is 3.57. The van der Waals surface area contributed by atoms with Crippen molar-refractivity contribution in [1.82, 2.24) is 0 Å². The summed E-state index contributed by atoms with van der Waals surface area (Å²) in [5.74, 6) is -0.319. The minimum absolute atomic E-state index is 0.154. The molecule has 0 radical (unpaired) electrons. The Morgan fingerprint density at radius 2 is 1.81 bits per heavy atom. The molecule has 4 fully saturated rings. The number of carbonyl (C=O) groups is 3. The fourth-order valence-corrected chi connectivity index (χ4v) is 7.55. The van der Waals surface area contributed by atoms with Crippen molar-refractivity contribution >= 4 is 17.9 Å². The third-order valence-corrected chi connectivity index (χ3v) is 9.09. The van der Waals surface area contributed by atoms with Gasteiger partial charge in [0.2, 0.25) is 0 Å². The van der Waals surface area contributed by atoms with Gasteiger partial charge in [-0.1, -0.05) is 20.8 Å². The lowest BCUT2D eigenvalue weighted by Gasteiger charge is -2.65. The molecule has 0 N–H and O–H groups in total. The second-order valence-electron chi connectivity index (χ2n) is 10.9. The second kappa shape index (κ2) is 7.46. The van der Waals surface area contributed by atoms with Gasteiger partial charge in [-0.25, -0.2) is 0 Å². The van der Waals surface area contributed by atoms with E-state index in [2.05, 4.69) is 20.8 Å². The van der Waals surface area contributed by atoms with Gasteiger partial charge in [0.1, 0.15) is 24.9 Å². The van der Waals surface area contributed by atoms with Crippen molar-refractivity contribution in [3.8, 4) is 0 Å². The van der Waals surface area contributed by atoms with Gasteiger partial charge in [0.25, 0.3) is 0 Å². The van der Waals surface area contributed by atoms with Gasteiger partial charge in [0.15, 0.2) is 0 Å². The average molecular weight is 437 g/mol. The number of cyclic esters (lactones) is 1. The third-order valence-electron chi connectivity index (χ3n) is 9.09. The van der Waals surface area contributed by atoms with Crippen molar-refractivity contribution in [2.24, 2.45) is 22.7 Å². The lowest BCUT2D eigenvalue weighted by molar-refractivity contribution is -0.269. The zero-order valence-corrected chi connectivity index (χ0v) is 19.5. The van der Waals surface area contributed by atoms with Crippen molar-refractivity contribution in [2.45, 2.75) is 96.9 Å². The second-order valence-corrected chi connectivity index (χ2v) is 10.9. The van der Waals surface area contributed by atoms with Gasteiger partial charge < -0.3 is 18.9 Å². The molecular weight excluding hydrogens is 400 g/mol. The van der Waals surface area contributed by atoms with Crippen LogP contribution in [0.1, 0.15) is 79.6 Å². The Bertz CT molecular complexity index is 780. The van der Waals surface area contributed by atoms with E-state index in [-0.39, 0.29) is 47.6 Å². The zero-order chi connectivity index (χ0) is 22.7. The van der Waals surface area contributed by atoms with Gasteiger partial charge in [-0.2, -0.15) is 0 Å². The number of carbonyl (C=O) groups excluding carboxylic acids is 3. The van der Waals surface area contributed by atoms with Gasteiger partial charge in [-0.05, 0) is 50.4 Å². The molecule has 2 heterocycles. The summed E-state index contributed by atoms with van der Waals surface area (Å²) in [7, 11) is 0. The van der Waals surface area contributed by atoms with Gasteiger partial charge in [-0.3, -0.25) is 14.4 Å². The first-order valence-corrected chi connectivity index (χ1v) is 11.6. The minimum atomic E-state index is -0.519. The van der Waals surface area contributed by atoms with Crippen LogP contribution in [0.4, 0.5) is 0 Å². The topological polar surface area (TPSA) is 88.1 Å². The van der Waals surface area contributed by atoms with Crippen LogP contribution in [0, 0.1) is 22.7 Å². The van der Waals surface area contributed by atoms with Crippen LogP contribution in [-0.2, 0) is 33.3 Å². The lowest BCUT2D eigenvalue weighted by Crippen LogP contribution is -2.67. The summed E-state index contributed by atoms with van der Waals surface area (Å²) in [6.07, 6.45) is 5.22. The smallest absolute Gasteiger partial charge is 0.308 e. The number of hydrogen-bond donors (Lipinski definition) is 0. The highest BCUT2D eigenvalue weighted by molar-refractivity contribution is 5.73. The Labute approximate surface area is 184 Å². The molecule has 0 aromatic carbocycles. The first kappa shape index (κ1) is 22.6. The van der Waals surface area contributed by atoms with E-state index in [1.54, 1.807) is 0 Å². The van der Waals surface area contributed by atoms with Crippen molar-refractivity contribution in [2.75, 3.05) is 13.2 Å². The first-order valence-electron chi connectivity index (χ1n) is 11.6. The van der Waals surface area contributed by atoms with E-state index in [0.29, 0.717) is 25.4 Å². The number of hydrogen-bond acceptors (Lipinski definition) is 7. The van der Waals surface area contributed by atoms with Crippen LogP contribution < -0.4 is 0 Å². The summed E-state index contributed by atoms with van der Waals surface area (Å²) >= 11 is 0. The van der Waals surface area contributed by atoms with E-state index in [0.717, 1.165) is 32.1 Å². The molecule has 2 saturated heterocycles. The van der Waals surface area contributed by atoms with Gasteiger partial charge in [-0.15, -0.1) is 0 Å². The lowest BCUT2D eigenvalue weighted by atomic mass is 9.43. The molecule has 7 atom stereocenters. The number of esters is 3. The van der Waals surface area contributed by atoms with E-state index in [1.165, 1.54) is 13.8 Å². The standard InChI is InChI=1S/C24H36O7/c1-15-6-7-18-21(4,13-28-16(2)25)19(30-17(3)26)8-9-22(18,5)24(15)11-10-23(31-24)12-20(27)29-14-23/h15,18-19H,6-14H2,1-5H3/t15?,18?,19-,21-,22-,23?,24+/m0/s1. The molecule has 31 heavy (non-hydrogen) atoms. The summed E-state index contributed by atoms with van der Waals surface area (Å²) in [4.78, 5) is 35.5. The highest BCUT2D eigenvalue weighted by Gasteiger charge is 2.70. The predicted molar refractivity (Wildman–Crippen MR) is 111 cm³/mol. The van der Waals surface area contributed by atoms with Crippen LogP contribution in [0.15, 0.2) is 0 Å². The molecule has 7 nitrogen and oxygen atoms in total. The Hall–Kier alpha value is -1.63. The maximum absolute atomic E-state index is 11.9. The van der Waals surface area contributed by atoms with Crippen LogP contribution >= 0.6 is 0 Å². The SMILES string of the molecule is CC(=O)OC[C@@]1(C)C2CCC(C)[C@]3(CCC4(COC(=O)C4)O3)[C@@]2(C)CC[C@@H]1OC(C)=O. The molecule has 0 bridgehead atoms. The van der Waals surface area contributed by atoms with E-state index in [1.807, 2.05) is 0 Å². The molecule has 2 spiro atoms. The molecule has 3 unspecified atom stereocenters. The highest BCUT2D eigenvalue weighted by Crippen LogP contribution is 2.68.